The standard InChI is InChI=1S/C11H11F3N4O2/c12-11(13,14)8-2-16-9(3-15-8)17-4-7-1-6(17)5-18(7)10(19)20/h2-3,6-7H,1,4-5H2,(H,19,20)/t6-,7-/m0/s1. The van der Waals surface area contributed by atoms with E-state index in [1.807, 2.05) is 4.90 Å². The van der Waals surface area contributed by atoms with Gasteiger partial charge in [0.1, 0.15) is 5.82 Å². The molecule has 1 amide bonds. The first-order valence-corrected chi connectivity index (χ1v) is 6.01. The van der Waals surface area contributed by atoms with Crippen LogP contribution in [0.2, 0.25) is 0 Å². The van der Waals surface area contributed by atoms with Crippen LogP contribution < -0.4 is 4.90 Å². The molecular formula is C11H11F3N4O2. The van der Waals surface area contributed by atoms with Crippen LogP contribution in [0.3, 0.4) is 0 Å². The minimum atomic E-state index is -4.50. The molecule has 2 atom stereocenters. The molecule has 2 aliphatic heterocycles. The second-order valence-corrected chi connectivity index (χ2v) is 4.89. The molecule has 20 heavy (non-hydrogen) atoms. The molecule has 1 N–H and O–H groups in total. The number of carboxylic acid groups (broad SMARTS) is 1. The summed E-state index contributed by atoms with van der Waals surface area (Å²) in [5.74, 6) is 0.357. The van der Waals surface area contributed by atoms with E-state index < -0.39 is 18.0 Å². The number of piperazine rings is 1. The molecule has 1 aromatic rings. The third-order valence-electron chi connectivity index (χ3n) is 3.71. The van der Waals surface area contributed by atoms with E-state index in [9.17, 15) is 18.0 Å². The lowest BCUT2D eigenvalue weighted by molar-refractivity contribution is -0.141. The second kappa shape index (κ2) is 4.22. The summed E-state index contributed by atoms with van der Waals surface area (Å²) in [6.07, 6.45) is -2.99. The van der Waals surface area contributed by atoms with Crippen molar-refractivity contribution in [2.24, 2.45) is 0 Å². The number of anilines is 1. The first-order valence-electron chi connectivity index (χ1n) is 6.01. The Labute approximate surface area is 111 Å². The summed E-state index contributed by atoms with van der Waals surface area (Å²) in [5, 5.41) is 8.97. The predicted octanol–water partition coefficient (Wildman–Crippen LogP) is 1.44. The number of fused-ring (bicyclic) bond motifs is 2. The van der Waals surface area contributed by atoms with Crippen LogP contribution >= 0.6 is 0 Å². The monoisotopic (exact) mass is 288 g/mol. The van der Waals surface area contributed by atoms with Crippen LogP contribution in [0, 0.1) is 0 Å². The molecule has 3 heterocycles. The lowest BCUT2D eigenvalue weighted by Crippen LogP contribution is -2.48. The fourth-order valence-corrected chi connectivity index (χ4v) is 2.80. The zero-order valence-electron chi connectivity index (χ0n) is 10.2. The highest BCUT2D eigenvalue weighted by atomic mass is 19.4. The molecule has 1 aromatic heterocycles. The molecule has 3 rings (SSSR count). The van der Waals surface area contributed by atoms with Crippen molar-refractivity contribution < 1.29 is 23.1 Å². The van der Waals surface area contributed by atoms with Gasteiger partial charge >= 0.3 is 12.3 Å². The first-order chi connectivity index (χ1) is 9.36. The zero-order chi connectivity index (χ0) is 14.5. The van der Waals surface area contributed by atoms with E-state index in [0.29, 0.717) is 31.5 Å². The number of hydrogen-bond donors (Lipinski definition) is 1. The summed E-state index contributed by atoms with van der Waals surface area (Å²) in [4.78, 5) is 21.3. The topological polar surface area (TPSA) is 69.6 Å². The largest absolute Gasteiger partial charge is 0.465 e. The Morgan fingerprint density at radius 1 is 1.25 bits per heavy atom. The Bertz CT molecular complexity index is 533. The number of rotatable bonds is 1. The Kier molecular flexibility index (Phi) is 2.73. The second-order valence-electron chi connectivity index (χ2n) is 4.89. The minimum Gasteiger partial charge on any atom is -0.465 e. The molecule has 6 nitrogen and oxygen atoms in total. The van der Waals surface area contributed by atoms with Crippen LogP contribution in [0.1, 0.15) is 12.1 Å². The van der Waals surface area contributed by atoms with Gasteiger partial charge in [0, 0.05) is 13.1 Å². The van der Waals surface area contributed by atoms with E-state index in [4.69, 9.17) is 5.11 Å². The molecule has 0 aliphatic carbocycles. The third kappa shape index (κ3) is 2.02. The highest BCUT2D eigenvalue weighted by Crippen LogP contribution is 2.34. The summed E-state index contributed by atoms with van der Waals surface area (Å²) >= 11 is 0. The minimum absolute atomic E-state index is 0.0397. The summed E-state index contributed by atoms with van der Waals surface area (Å²) in [7, 11) is 0. The molecule has 2 bridgehead atoms. The maximum atomic E-state index is 12.4. The summed E-state index contributed by atoms with van der Waals surface area (Å²) in [6, 6.07) is -0.163. The molecular weight excluding hydrogens is 277 g/mol. The van der Waals surface area contributed by atoms with Gasteiger partial charge < -0.3 is 14.9 Å². The van der Waals surface area contributed by atoms with Gasteiger partial charge in [-0.05, 0) is 6.42 Å². The highest BCUT2D eigenvalue weighted by Gasteiger charge is 2.46. The number of nitrogens with zero attached hydrogens (tertiary/aromatic N) is 4. The summed E-state index contributed by atoms with van der Waals surface area (Å²) in [5.41, 5.74) is -1.03. The van der Waals surface area contributed by atoms with Gasteiger partial charge in [-0.15, -0.1) is 0 Å². The quantitative estimate of drug-likeness (QED) is 0.846. The molecule has 0 aromatic carbocycles. The third-order valence-corrected chi connectivity index (χ3v) is 3.71. The van der Waals surface area contributed by atoms with Gasteiger partial charge in [-0.1, -0.05) is 0 Å². The number of halogens is 3. The molecule has 2 fully saturated rings. The van der Waals surface area contributed by atoms with E-state index in [2.05, 4.69) is 9.97 Å². The smallest absolute Gasteiger partial charge is 0.434 e. The van der Waals surface area contributed by atoms with Crippen molar-refractivity contribution in [1.82, 2.24) is 14.9 Å². The van der Waals surface area contributed by atoms with Crippen LogP contribution in [-0.4, -0.2) is 51.2 Å². The van der Waals surface area contributed by atoms with E-state index in [1.165, 1.54) is 4.90 Å². The number of hydrogen-bond acceptors (Lipinski definition) is 4. The van der Waals surface area contributed by atoms with Gasteiger partial charge in [-0.2, -0.15) is 13.2 Å². The van der Waals surface area contributed by atoms with Gasteiger partial charge in [0.05, 0.1) is 24.5 Å². The molecule has 9 heteroatoms. The Hall–Kier alpha value is -2.06. The van der Waals surface area contributed by atoms with Crippen molar-refractivity contribution in [2.45, 2.75) is 24.7 Å². The maximum absolute atomic E-state index is 12.4. The molecule has 2 saturated heterocycles. The molecule has 0 spiro atoms. The number of carbonyl (C=O) groups is 1. The Morgan fingerprint density at radius 2 is 2.00 bits per heavy atom. The van der Waals surface area contributed by atoms with Crippen molar-refractivity contribution in [3.05, 3.63) is 18.1 Å². The summed E-state index contributed by atoms with van der Waals surface area (Å²) < 4.78 is 37.2. The van der Waals surface area contributed by atoms with Crippen molar-refractivity contribution >= 4 is 11.9 Å². The van der Waals surface area contributed by atoms with Crippen molar-refractivity contribution in [3.8, 4) is 0 Å². The molecule has 108 valence electrons. The summed E-state index contributed by atoms with van der Waals surface area (Å²) in [6.45, 7) is 0.791. The van der Waals surface area contributed by atoms with Crippen LogP contribution in [0.5, 0.6) is 0 Å². The van der Waals surface area contributed by atoms with Gasteiger partial charge in [0.15, 0.2) is 5.69 Å². The van der Waals surface area contributed by atoms with Crippen molar-refractivity contribution in [1.29, 1.82) is 0 Å². The van der Waals surface area contributed by atoms with Gasteiger partial charge in [0.2, 0.25) is 0 Å². The average Bonchev–Trinajstić information content (AvgIpc) is 2.97. The Morgan fingerprint density at radius 3 is 2.45 bits per heavy atom. The van der Waals surface area contributed by atoms with Crippen LogP contribution in [0.25, 0.3) is 0 Å². The fraction of sp³-hybridized carbons (Fsp3) is 0.545. The highest BCUT2D eigenvalue weighted by molar-refractivity contribution is 5.67. The van der Waals surface area contributed by atoms with E-state index in [-0.39, 0.29) is 12.1 Å². The van der Waals surface area contributed by atoms with Gasteiger partial charge in [-0.25, -0.2) is 14.8 Å². The Balaban J connectivity index is 1.75. The number of alkyl halides is 3. The first kappa shape index (κ1) is 12.9. The van der Waals surface area contributed by atoms with Crippen LogP contribution in [0.15, 0.2) is 12.4 Å². The van der Waals surface area contributed by atoms with Crippen LogP contribution in [0.4, 0.5) is 23.8 Å². The van der Waals surface area contributed by atoms with E-state index in [1.54, 1.807) is 0 Å². The van der Waals surface area contributed by atoms with Crippen molar-refractivity contribution in [2.75, 3.05) is 18.0 Å². The molecule has 2 aliphatic rings. The average molecular weight is 288 g/mol. The normalized spacial score (nSPS) is 25.4. The maximum Gasteiger partial charge on any atom is 0.434 e. The lowest BCUT2D eigenvalue weighted by Gasteiger charge is -2.33. The van der Waals surface area contributed by atoms with E-state index in [0.717, 1.165) is 6.20 Å². The van der Waals surface area contributed by atoms with Gasteiger partial charge in [-0.3, -0.25) is 0 Å². The molecule has 0 unspecified atom stereocenters. The fourth-order valence-electron chi connectivity index (χ4n) is 2.80. The van der Waals surface area contributed by atoms with E-state index >= 15 is 0 Å². The number of likely N-dealkylation sites (tertiary alicyclic amines) is 1. The molecule has 0 saturated carbocycles. The number of aromatic nitrogens is 2. The lowest BCUT2D eigenvalue weighted by atomic mass is 10.2. The van der Waals surface area contributed by atoms with Gasteiger partial charge in [0.25, 0.3) is 0 Å². The molecule has 0 radical (unpaired) electrons. The number of amides is 1. The van der Waals surface area contributed by atoms with Crippen LogP contribution in [-0.2, 0) is 6.18 Å². The zero-order valence-corrected chi connectivity index (χ0v) is 10.2. The SMILES string of the molecule is O=C(O)N1C[C@@H]2C[C@H]1CN2c1cnc(C(F)(F)F)cn1. The van der Waals surface area contributed by atoms with Crippen molar-refractivity contribution in [3.63, 3.8) is 0 Å². The predicted molar refractivity (Wildman–Crippen MR) is 61.3 cm³/mol.